The maximum Gasteiger partial charge on any atom is 0.223 e. The van der Waals surface area contributed by atoms with Gasteiger partial charge in [0.05, 0.1) is 10.6 Å². The van der Waals surface area contributed by atoms with Crippen LogP contribution in [0.4, 0.5) is 0 Å². The van der Waals surface area contributed by atoms with Crippen molar-refractivity contribution in [3.63, 3.8) is 0 Å². The summed E-state index contributed by atoms with van der Waals surface area (Å²) in [6.07, 6.45) is 2.62. The second kappa shape index (κ2) is 12.5. The van der Waals surface area contributed by atoms with Crippen molar-refractivity contribution in [1.82, 2.24) is 15.5 Å². The van der Waals surface area contributed by atoms with Crippen molar-refractivity contribution >= 4 is 21.7 Å². The molecule has 1 unspecified atom stereocenters. The van der Waals surface area contributed by atoms with Crippen molar-refractivity contribution < 1.29 is 18.0 Å². The fourth-order valence-electron chi connectivity index (χ4n) is 3.94. The Labute approximate surface area is 196 Å². The number of hydrogen-bond acceptors (Lipinski definition) is 5. The SMILES string of the molecule is O=C1CC(c2ccccc2)NCCCCN(C(=O)CCS(=O)(=O)c2ccccc2)CCCN1. The second-order valence-corrected chi connectivity index (χ2v) is 10.4. The third-order valence-electron chi connectivity index (χ3n) is 5.80. The Morgan fingerprint density at radius 3 is 2.30 bits per heavy atom. The van der Waals surface area contributed by atoms with Crippen LogP contribution in [0.1, 0.15) is 43.7 Å². The van der Waals surface area contributed by atoms with Crippen LogP contribution < -0.4 is 10.6 Å². The fourth-order valence-corrected chi connectivity index (χ4v) is 5.19. The highest BCUT2D eigenvalue weighted by atomic mass is 32.2. The molecule has 178 valence electrons. The van der Waals surface area contributed by atoms with Crippen molar-refractivity contribution in [1.29, 1.82) is 0 Å². The Hall–Kier alpha value is -2.71. The molecule has 0 spiro atoms. The van der Waals surface area contributed by atoms with Crippen LogP contribution in [0.15, 0.2) is 65.6 Å². The van der Waals surface area contributed by atoms with E-state index in [-0.39, 0.29) is 34.9 Å². The van der Waals surface area contributed by atoms with Crippen LogP contribution in [0.3, 0.4) is 0 Å². The maximum absolute atomic E-state index is 12.8. The number of rotatable bonds is 5. The summed E-state index contributed by atoms with van der Waals surface area (Å²) in [7, 11) is -3.49. The van der Waals surface area contributed by atoms with Gasteiger partial charge in [-0.15, -0.1) is 0 Å². The van der Waals surface area contributed by atoms with Crippen molar-refractivity contribution in [2.24, 2.45) is 0 Å². The quantitative estimate of drug-likeness (QED) is 0.699. The first-order chi connectivity index (χ1) is 16.0. The standard InChI is InChI=1S/C25H33N3O4S/c29-24-20-23(21-10-3-1-4-11-21)26-15-7-8-17-28(18-9-16-27-24)25(30)14-19-33(31,32)22-12-5-2-6-13-22/h1-6,10-13,23,26H,7-9,14-20H2,(H,27,29). The van der Waals surface area contributed by atoms with Crippen LogP contribution in [0.5, 0.6) is 0 Å². The lowest BCUT2D eigenvalue weighted by Crippen LogP contribution is -2.36. The van der Waals surface area contributed by atoms with E-state index < -0.39 is 9.84 Å². The summed E-state index contributed by atoms with van der Waals surface area (Å²) in [5.74, 6) is -0.392. The minimum Gasteiger partial charge on any atom is -0.356 e. The van der Waals surface area contributed by atoms with Crippen molar-refractivity contribution in [3.8, 4) is 0 Å². The molecule has 0 aliphatic carbocycles. The first-order valence-corrected chi connectivity index (χ1v) is 13.2. The van der Waals surface area contributed by atoms with Gasteiger partial charge >= 0.3 is 0 Å². The number of nitrogens with zero attached hydrogens (tertiary/aromatic N) is 1. The van der Waals surface area contributed by atoms with E-state index in [0.29, 0.717) is 32.5 Å². The summed E-state index contributed by atoms with van der Waals surface area (Å²) in [5.41, 5.74) is 1.08. The van der Waals surface area contributed by atoms with Crippen LogP contribution in [-0.4, -0.2) is 57.1 Å². The van der Waals surface area contributed by atoms with Gasteiger partial charge in [-0.05, 0) is 43.5 Å². The van der Waals surface area contributed by atoms with Gasteiger partial charge in [-0.3, -0.25) is 9.59 Å². The fraction of sp³-hybridized carbons (Fsp3) is 0.440. The topological polar surface area (TPSA) is 95.6 Å². The Kier molecular flexibility index (Phi) is 9.45. The zero-order valence-electron chi connectivity index (χ0n) is 18.9. The van der Waals surface area contributed by atoms with Gasteiger partial charge in [0.15, 0.2) is 9.84 Å². The van der Waals surface area contributed by atoms with E-state index in [0.717, 1.165) is 24.9 Å². The Morgan fingerprint density at radius 2 is 1.58 bits per heavy atom. The molecular formula is C25H33N3O4S. The van der Waals surface area contributed by atoms with Crippen LogP contribution in [-0.2, 0) is 19.4 Å². The molecule has 1 saturated heterocycles. The number of sulfone groups is 1. The lowest BCUT2D eigenvalue weighted by molar-refractivity contribution is -0.130. The van der Waals surface area contributed by atoms with Gasteiger partial charge in [-0.1, -0.05) is 48.5 Å². The molecule has 33 heavy (non-hydrogen) atoms. The Balaban J connectivity index is 1.56. The average Bonchev–Trinajstić information content (AvgIpc) is 2.85. The molecule has 1 heterocycles. The van der Waals surface area contributed by atoms with E-state index >= 15 is 0 Å². The monoisotopic (exact) mass is 471 g/mol. The third kappa shape index (κ3) is 7.98. The summed E-state index contributed by atoms with van der Waals surface area (Å²) in [6, 6.07) is 18.1. The Morgan fingerprint density at radius 1 is 0.909 bits per heavy atom. The van der Waals surface area contributed by atoms with Crippen LogP contribution >= 0.6 is 0 Å². The number of carbonyl (C=O) groups excluding carboxylic acids is 2. The van der Waals surface area contributed by atoms with Gasteiger partial charge in [-0.2, -0.15) is 0 Å². The number of carbonyl (C=O) groups is 2. The highest BCUT2D eigenvalue weighted by Gasteiger charge is 2.20. The van der Waals surface area contributed by atoms with Gasteiger partial charge in [0.25, 0.3) is 0 Å². The summed E-state index contributed by atoms with van der Waals surface area (Å²) >= 11 is 0. The first-order valence-electron chi connectivity index (χ1n) is 11.6. The molecule has 2 amide bonds. The van der Waals surface area contributed by atoms with Gasteiger partial charge in [-0.25, -0.2) is 8.42 Å². The van der Waals surface area contributed by atoms with Gasteiger partial charge in [0.2, 0.25) is 11.8 Å². The largest absolute Gasteiger partial charge is 0.356 e. The zero-order chi connectivity index (χ0) is 23.5. The predicted octanol–water partition coefficient (Wildman–Crippen LogP) is 2.70. The molecule has 7 nitrogen and oxygen atoms in total. The number of nitrogens with one attached hydrogen (secondary N) is 2. The molecule has 0 saturated carbocycles. The lowest BCUT2D eigenvalue weighted by Gasteiger charge is -2.23. The molecule has 2 aromatic rings. The smallest absolute Gasteiger partial charge is 0.223 e. The van der Waals surface area contributed by atoms with Crippen molar-refractivity contribution in [3.05, 3.63) is 66.2 Å². The molecule has 1 atom stereocenters. The lowest BCUT2D eigenvalue weighted by atomic mass is 10.0. The van der Waals surface area contributed by atoms with E-state index in [1.165, 1.54) is 0 Å². The zero-order valence-corrected chi connectivity index (χ0v) is 19.7. The minimum atomic E-state index is -3.49. The van der Waals surface area contributed by atoms with E-state index in [4.69, 9.17) is 0 Å². The highest BCUT2D eigenvalue weighted by Crippen LogP contribution is 2.17. The average molecular weight is 472 g/mol. The summed E-state index contributed by atoms with van der Waals surface area (Å²) in [5, 5.41) is 6.41. The van der Waals surface area contributed by atoms with E-state index in [1.54, 1.807) is 35.2 Å². The highest BCUT2D eigenvalue weighted by molar-refractivity contribution is 7.91. The van der Waals surface area contributed by atoms with Crippen LogP contribution in [0.2, 0.25) is 0 Å². The molecule has 2 aromatic carbocycles. The van der Waals surface area contributed by atoms with Gasteiger partial charge in [0.1, 0.15) is 0 Å². The predicted molar refractivity (Wildman–Crippen MR) is 128 cm³/mol. The maximum atomic E-state index is 12.8. The first kappa shape index (κ1) is 24.9. The number of amides is 2. The van der Waals surface area contributed by atoms with Crippen molar-refractivity contribution in [2.75, 3.05) is 31.9 Å². The third-order valence-corrected chi connectivity index (χ3v) is 7.54. The molecule has 0 radical (unpaired) electrons. The molecular weight excluding hydrogens is 438 g/mol. The van der Waals surface area contributed by atoms with Crippen molar-refractivity contribution in [2.45, 2.75) is 43.0 Å². The summed E-state index contributed by atoms with van der Waals surface area (Å²) in [6.45, 7) is 2.29. The van der Waals surface area contributed by atoms with E-state index in [1.807, 2.05) is 30.3 Å². The van der Waals surface area contributed by atoms with Crippen LogP contribution in [0.25, 0.3) is 0 Å². The van der Waals surface area contributed by atoms with Gasteiger partial charge < -0.3 is 15.5 Å². The molecule has 0 bridgehead atoms. The molecule has 1 aliphatic rings. The Bertz CT molecular complexity index is 997. The van der Waals surface area contributed by atoms with Crippen LogP contribution in [0, 0.1) is 0 Å². The number of hydrogen-bond donors (Lipinski definition) is 2. The molecule has 8 heteroatoms. The molecule has 3 rings (SSSR count). The van der Waals surface area contributed by atoms with E-state index in [2.05, 4.69) is 10.6 Å². The van der Waals surface area contributed by atoms with E-state index in [9.17, 15) is 18.0 Å². The second-order valence-electron chi connectivity index (χ2n) is 8.29. The normalized spacial score (nSPS) is 19.0. The van der Waals surface area contributed by atoms with Gasteiger partial charge in [0, 0.05) is 38.5 Å². The molecule has 1 aliphatic heterocycles. The summed E-state index contributed by atoms with van der Waals surface area (Å²) < 4.78 is 25.0. The minimum absolute atomic E-state index is 0.0255. The number of benzene rings is 2. The molecule has 0 aromatic heterocycles. The molecule has 2 N–H and O–H groups in total. The molecule has 1 fully saturated rings. The summed E-state index contributed by atoms with van der Waals surface area (Å²) in [4.78, 5) is 27.2.